The quantitative estimate of drug-likeness (QED) is 0.535. The van der Waals surface area contributed by atoms with Gasteiger partial charge in [-0.05, 0) is 44.1 Å². The molecule has 0 aliphatic rings. The van der Waals surface area contributed by atoms with Crippen molar-refractivity contribution in [3.8, 4) is 0 Å². The van der Waals surface area contributed by atoms with Crippen molar-refractivity contribution in [3.05, 3.63) is 34.9 Å². The van der Waals surface area contributed by atoms with Crippen LogP contribution in [0.15, 0.2) is 24.3 Å². The number of hydrogen-bond acceptors (Lipinski definition) is 1. The summed E-state index contributed by atoms with van der Waals surface area (Å²) in [7, 11) is 2.17. The first-order valence-electron chi connectivity index (χ1n) is 5.71. The lowest BCUT2D eigenvalue weighted by Gasteiger charge is -2.16. The number of unbranched alkanes of at least 4 members (excludes halogenated alkanes) is 2. The first kappa shape index (κ1) is 14.0. The van der Waals surface area contributed by atoms with Crippen LogP contribution in [0.4, 0.5) is 0 Å². The van der Waals surface area contributed by atoms with Gasteiger partial charge in [-0.25, -0.2) is 0 Å². The van der Waals surface area contributed by atoms with Gasteiger partial charge < -0.3 is 4.90 Å². The molecule has 1 aromatic rings. The van der Waals surface area contributed by atoms with Crippen LogP contribution in [0.1, 0.15) is 24.8 Å². The van der Waals surface area contributed by atoms with E-state index in [1.807, 2.05) is 12.1 Å². The summed E-state index contributed by atoms with van der Waals surface area (Å²) >= 11 is 9.30. The molecule has 1 rings (SSSR count). The van der Waals surface area contributed by atoms with Crippen LogP contribution in [0, 0.1) is 0 Å². The predicted molar refractivity (Wildman–Crippen MR) is 75.4 cm³/mol. The molecule has 3 heteroatoms. The van der Waals surface area contributed by atoms with E-state index >= 15 is 0 Å². The second kappa shape index (κ2) is 8.10. The van der Waals surface area contributed by atoms with Crippen molar-refractivity contribution in [1.29, 1.82) is 0 Å². The lowest BCUT2D eigenvalue weighted by molar-refractivity contribution is 0.318. The summed E-state index contributed by atoms with van der Waals surface area (Å²) < 4.78 is 0. The molecule has 0 radical (unpaired) electrons. The average molecular weight is 305 g/mol. The first-order chi connectivity index (χ1) is 7.72. The molecule has 1 nitrogen and oxygen atoms in total. The van der Waals surface area contributed by atoms with E-state index in [1.54, 1.807) is 0 Å². The second-order valence-corrected chi connectivity index (χ2v) is 5.34. The molecule has 0 atom stereocenters. The van der Waals surface area contributed by atoms with Crippen molar-refractivity contribution < 1.29 is 0 Å². The van der Waals surface area contributed by atoms with Gasteiger partial charge in [0.2, 0.25) is 0 Å². The van der Waals surface area contributed by atoms with Crippen LogP contribution in [0.3, 0.4) is 0 Å². The molecule has 0 spiro atoms. The zero-order valence-corrected chi connectivity index (χ0v) is 12.1. The monoisotopic (exact) mass is 303 g/mol. The smallest absolute Gasteiger partial charge is 0.0406 e. The van der Waals surface area contributed by atoms with Crippen molar-refractivity contribution in [1.82, 2.24) is 4.90 Å². The highest BCUT2D eigenvalue weighted by Crippen LogP contribution is 2.11. The van der Waals surface area contributed by atoms with Gasteiger partial charge in [0.1, 0.15) is 0 Å². The number of alkyl halides is 1. The Balaban J connectivity index is 2.23. The van der Waals surface area contributed by atoms with Crippen LogP contribution in [0.5, 0.6) is 0 Å². The van der Waals surface area contributed by atoms with Crippen LogP contribution in [0.25, 0.3) is 0 Å². The predicted octanol–water partition coefficient (Wildman–Crippen LogP) is 4.34. The summed E-state index contributed by atoms with van der Waals surface area (Å²) in [5.74, 6) is 0. The maximum absolute atomic E-state index is 5.85. The van der Waals surface area contributed by atoms with E-state index in [1.165, 1.54) is 24.8 Å². The van der Waals surface area contributed by atoms with Crippen LogP contribution < -0.4 is 0 Å². The lowest BCUT2D eigenvalue weighted by Crippen LogP contribution is -2.19. The van der Waals surface area contributed by atoms with Crippen molar-refractivity contribution in [2.45, 2.75) is 25.8 Å². The van der Waals surface area contributed by atoms with Gasteiger partial charge in [0.15, 0.2) is 0 Å². The number of halogens is 2. The highest BCUT2D eigenvalue weighted by atomic mass is 79.9. The largest absolute Gasteiger partial charge is 0.302 e. The van der Waals surface area contributed by atoms with Gasteiger partial charge in [-0.2, -0.15) is 0 Å². The molecule has 1 aromatic carbocycles. The minimum Gasteiger partial charge on any atom is -0.302 e. The fraction of sp³-hybridized carbons (Fsp3) is 0.538. The van der Waals surface area contributed by atoms with E-state index in [2.05, 4.69) is 40.0 Å². The van der Waals surface area contributed by atoms with Crippen LogP contribution in [-0.2, 0) is 6.54 Å². The molecule has 0 heterocycles. The summed E-state index contributed by atoms with van der Waals surface area (Å²) in [6.07, 6.45) is 3.85. The maximum atomic E-state index is 5.85. The summed E-state index contributed by atoms with van der Waals surface area (Å²) in [6, 6.07) is 8.10. The van der Waals surface area contributed by atoms with Gasteiger partial charge >= 0.3 is 0 Å². The summed E-state index contributed by atoms with van der Waals surface area (Å²) in [6.45, 7) is 2.17. The van der Waals surface area contributed by atoms with Crippen molar-refractivity contribution >= 4 is 27.5 Å². The average Bonchev–Trinajstić information content (AvgIpc) is 2.28. The molecular weight excluding hydrogens is 286 g/mol. The molecule has 16 heavy (non-hydrogen) atoms. The molecule has 0 fully saturated rings. The van der Waals surface area contributed by atoms with Gasteiger partial charge in [-0.1, -0.05) is 46.1 Å². The second-order valence-electron chi connectivity index (χ2n) is 4.11. The molecular formula is C13H19BrClN. The van der Waals surface area contributed by atoms with Gasteiger partial charge in [0, 0.05) is 16.9 Å². The Bertz CT molecular complexity index is 286. The first-order valence-corrected chi connectivity index (χ1v) is 7.21. The Labute approximate surface area is 112 Å². The van der Waals surface area contributed by atoms with E-state index in [9.17, 15) is 0 Å². The summed E-state index contributed by atoms with van der Waals surface area (Å²) in [5, 5.41) is 1.93. The third-order valence-corrected chi connectivity index (χ3v) is 3.35. The zero-order chi connectivity index (χ0) is 11.8. The normalized spacial score (nSPS) is 11.0. The molecule has 0 bridgehead atoms. The topological polar surface area (TPSA) is 3.24 Å². The van der Waals surface area contributed by atoms with Crippen LogP contribution in [-0.4, -0.2) is 23.8 Å². The number of hydrogen-bond donors (Lipinski definition) is 0. The molecule has 0 aliphatic heterocycles. The molecule has 0 aliphatic carbocycles. The molecule has 0 saturated carbocycles. The van der Waals surface area contributed by atoms with Gasteiger partial charge in [0.25, 0.3) is 0 Å². The van der Waals surface area contributed by atoms with E-state index in [0.717, 1.165) is 23.4 Å². The Morgan fingerprint density at radius 1 is 1.12 bits per heavy atom. The van der Waals surface area contributed by atoms with Crippen molar-refractivity contribution in [3.63, 3.8) is 0 Å². The number of rotatable bonds is 7. The van der Waals surface area contributed by atoms with E-state index in [4.69, 9.17) is 11.6 Å². The van der Waals surface area contributed by atoms with E-state index in [0.29, 0.717) is 0 Å². The maximum Gasteiger partial charge on any atom is 0.0406 e. The Morgan fingerprint density at radius 3 is 2.44 bits per heavy atom. The van der Waals surface area contributed by atoms with Gasteiger partial charge in [-0.15, -0.1) is 0 Å². The Morgan fingerprint density at radius 2 is 1.81 bits per heavy atom. The fourth-order valence-corrected chi connectivity index (χ4v) is 2.16. The Kier molecular flexibility index (Phi) is 7.10. The third kappa shape index (κ3) is 5.88. The highest BCUT2D eigenvalue weighted by Gasteiger charge is 2.00. The minimum atomic E-state index is 0.809. The number of nitrogens with zero attached hydrogens (tertiary/aromatic N) is 1. The fourth-order valence-electron chi connectivity index (χ4n) is 1.63. The lowest BCUT2D eigenvalue weighted by atomic mass is 10.2. The number of benzene rings is 1. The molecule has 0 aromatic heterocycles. The molecule has 90 valence electrons. The minimum absolute atomic E-state index is 0.809. The van der Waals surface area contributed by atoms with Gasteiger partial charge in [-0.3, -0.25) is 0 Å². The van der Waals surface area contributed by atoms with E-state index in [-0.39, 0.29) is 0 Å². The molecule has 0 unspecified atom stereocenters. The summed E-state index contributed by atoms with van der Waals surface area (Å²) in [4.78, 5) is 2.36. The third-order valence-electron chi connectivity index (χ3n) is 2.54. The summed E-state index contributed by atoms with van der Waals surface area (Å²) in [5.41, 5.74) is 1.33. The van der Waals surface area contributed by atoms with Crippen LogP contribution in [0.2, 0.25) is 5.02 Å². The highest BCUT2D eigenvalue weighted by molar-refractivity contribution is 9.09. The molecule has 0 amide bonds. The van der Waals surface area contributed by atoms with Crippen molar-refractivity contribution in [2.75, 3.05) is 18.9 Å². The standard InChI is InChI=1S/C13H19BrClN/c1-16(10-4-2-3-9-14)11-12-5-7-13(15)8-6-12/h5-8H,2-4,9-11H2,1H3. The zero-order valence-electron chi connectivity index (χ0n) is 9.76. The van der Waals surface area contributed by atoms with Crippen LogP contribution >= 0.6 is 27.5 Å². The Hall–Kier alpha value is -0.0500. The van der Waals surface area contributed by atoms with Crippen molar-refractivity contribution in [2.24, 2.45) is 0 Å². The SMILES string of the molecule is CN(CCCCCBr)Cc1ccc(Cl)cc1. The molecule has 0 saturated heterocycles. The van der Waals surface area contributed by atoms with E-state index < -0.39 is 0 Å². The van der Waals surface area contributed by atoms with Gasteiger partial charge in [0.05, 0.1) is 0 Å². The molecule has 0 N–H and O–H groups in total.